The first-order valence-corrected chi connectivity index (χ1v) is 16.5. The Morgan fingerprint density at radius 3 is 2.38 bits per heavy atom. The first-order valence-electron chi connectivity index (χ1n) is 16.5. The van der Waals surface area contributed by atoms with E-state index in [1.54, 1.807) is 13.8 Å². The molecule has 242 valence electrons. The van der Waals surface area contributed by atoms with E-state index in [0.29, 0.717) is 42.5 Å². The third-order valence-corrected chi connectivity index (χ3v) is 12.6. The van der Waals surface area contributed by atoms with Crippen LogP contribution in [0.15, 0.2) is 29.4 Å². The highest BCUT2D eigenvalue weighted by atomic mass is 16.5. The van der Waals surface area contributed by atoms with Crippen LogP contribution in [-0.4, -0.2) is 62.3 Å². The third kappa shape index (κ3) is 4.14. The number of hydrogen-bond acceptors (Lipinski definition) is 7. The van der Waals surface area contributed by atoms with Gasteiger partial charge < -0.3 is 25.0 Å². The molecule has 0 saturated heterocycles. The number of rotatable bonds is 1. The zero-order valence-electron chi connectivity index (χ0n) is 27.8. The zero-order chi connectivity index (χ0) is 32.7. The van der Waals surface area contributed by atoms with Crippen LogP contribution in [0.4, 0.5) is 5.69 Å². The largest absolute Gasteiger partial charge is 0.387 e. The van der Waals surface area contributed by atoms with Gasteiger partial charge in [-0.05, 0) is 133 Å². The van der Waals surface area contributed by atoms with Gasteiger partial charge in [0.25, 0.3) is 0 Å². The molecule has 1 aromatic carbocycles. The molecule has 3 aliphatic carbocycles. The molecular weight excluding hydrogens is 570 g/mol. The molecule has 3 heterocycles. The number of Topliss-reactive ketones (excluding diaryl/α,β-unsaturated/α-hetero) is 1. The molecule has 7 rings (SSSR count). The highest BCUT2D eigenvalue weighted by Gasteiger charge is 2.70. The monoisotopic (exact) mass is 617 g/mol. The standard InChI is InChI=1S/C37H47NO7/c1-32(2)18-23-21-16-26-22(13-19(21)14-24(23)34(5,6)45-32)27(39)15-20-9-12-37(43)25-17-28(40)30(33(3,4)42)44-29(25)10-11-35(37,7)36(20,8)31(41)38-26/h13,16-17,20,29-30,42-43H,9-12,14-15,18H2,1-8H3,(H,38,41)/t20-,29-,30-,35+,36+,37+/m0/s1. The van der Waals surface area contributed by atoms with Crippen molar-refractivity contribution in [2.24, 2.45) is 16.7 Å². The SMILES string of the molecule is CC1(C)CC2=C(Cc3cc4c(cc32)NC(=O)[C@@]2(C)[C@@H](CC[C@@]3(O)C5=CC(=O)[C@@H](C(C)(C)O)O[C@H]5CC[C@@]32C)CC4=O)C(C)(C)O1. The molecule has 0 bridgehead atoms. The van der Waals surface area contributed by atoms with Crippen molar-refractivity contribution in [1.82, 2.24) is 0 Å². The molecule has 8 heteroatoms. The van der Waals surface area contributed by atoms with Gasteiger partial charge in [-0.25, -0.2) is 0 Å². The summed E-state index contributed by atoms with van der Waals surface area (Å²) in [6.07, 6.45) is 3.30. The highest BCUT2D eigenvalue weighted by molar-refractivity contribution is 6.09. The van der Waals surface area contributed by atoms with Crippen molar-refractivity contribution in [3.05, 3.63) is 46.0 Å². The summed E-state index contributed by atoms with van der Waals surface area (Å²) < 4.78 is 12.6. The van der Waals surface area contributed by atoms with Gasteiger partial charge in [-0.1, -0.05) is 6.92 Å². The van der Waals surface area contributed by atoms with Crippen molar-refractivity contribution in [3.63, 3.8) is 0 Å². The maximum atomic E-state index is 14.7. The molecule has 0 radical (unpaired) electrons. The van der Waals surface area contributed by atoms with Crippen LogP contribution in [0.5, 0.6) is 0 Å². The minimum Gasteiger partial charge on any atom is -0.387 e. The molecule has 3 N–H and O–H groups in total. The van der Waals surface area contributed by atoms with Crippen LogP contribution >= 0.6 is 0 Å². The third-order valence-electron chi connectivity index (χ3n) is 12.6. The summed E-state index contributed by atoms with van der Waals surface area (Å²) in [4.78, 5) is 42.0. The van der Waals surface area contributed by atoms with Crippen LogP contribution in [0, 0.1) is 16.7 Å². The molecule has 45 heavy (non-hydrogen) atoms. The molecule has 6 aliphatic rings. The number of carbonyl (C=O) groups is 3. The number of aliphatic hydroxyl groups is 2. The molecule has 1 amide bonds. The fourth-order valence-corrected chi connectivity index (χ4v) is 10.1. The second-order valence-corrected chi connectivity index (χ2v) is 16.6. The van der Waals surface area contributed by atoms with Crippen LogP contribution in [0.2, 0.25) is 0 Å². The van der Waals surface area contributed by atoms with Gasteiger partial charge in [0.2, 0.25) is 5.91 Å². The van der Waals surface area contributed by atoms with Crippen molar-refractivity contribution >= 4 is 28.7 Å². The Bertz CT molecular complexity index is 1630. The summed E-state index contributed by atoms with van der Waals surface area (Å²) in [7, 11) is 0. The summed E-state index contributed by atoms with van der Waals surface area (Å²) in [5.74, 6) is -0.890. The lowest BCUT2D eigenvalue weighted by Crippen LogP contribution is -2.70. The summed E-state index contributed by atoms with van der Waals surface area (Å²) >= 11 is 0. The number of ether oxygens (including phenoxy) is 2. The Balaban J connectivity index is 1.29. The van der Waals surface area contributed by atoms with Crippen molar-refractivity contribution in [2.45, 2.75) is 135 Å². The van der Waals surface area contributed by atoms with Crippen LogP contribution in [0.1, 0.15) is 115 Å². The number of carbonyl (C=O) groups excluding carboxylic acids is 3. The van der Waals surface area contributed by atoms with Crippen molar-refractivity contribution in [2.75, 3.05) is 5.32 Å². The molecule has 2 fully saturated rings. The summed E-state index contributed by atoms with van der Waals surface area (Å²) in [6, 6.07) is 3.98. The Hall–Kier alpha value is -2.65. The molecule has 3 aliphatic heterocycles. The summed E-state index contributed by atoms with van der Waals surface area (Å²) in [5.41, 5.74) is 0.464. The van der Waals surface area contributed by atoms with Crippen molar-refractivity contribution < 1.29 is 34.1 Å². The maximum Gasteiger partial charge on any atom is 0.231 e. The summed E-state index contributed by atoms with van der Waals surface area (Å²) in [6.45, 7) is 15.3. The van der Waals surface area contributed by atoms with Gasteiger partial charge >= 0.3 is 0 Å². The molecule has 1 aromatic rings. The second kappa shape index (κ2) is 9.24. The van der Waals surface area contributed by atoms with E-state index in [4.69, 9.17) is 9.47 Å². The van der Waals surface area contributed by atoms with E-state index in [2.05, 4.69) is 33.0 Å². The number of benzene rings is 1. The van der Waals surface area contributed by atoms with E-state index in [9.17, 15) is 24.6 Å². The first-order chi connectivity index (χ1) is 20.7. The maximum absolute atomic E-state index is 14.7. The fraction of sp³-hybridized carbons (Fsp3) is 0.649. The van der Waals surface area contributed by atoms with Gasteiger partial charge in [0.1, 0.15) is 6.10 Å². The number of ketones is 2. The molecule has 0 unspecified atom stereocenters. The van der Waals surface area contributed by atoms with Gasteiger partial charge in [0.05, 0.1) is 39.6 Å². The van der Waals surface area contributed by atoms with Gasteiger partial charge in [-0.15, -0.1) is 0 Å². The Labute approximate surface area is 265 Å². The van der Waals surface area contributed by atoms with Crippen molar-refractivity contribution in [3.8, 4) is 0 Å². The fourth-order valence-electron chi connectivity index (χ4n) is 10.1. The molecule has 6 atom stereocenters. The van der Waals surface area contributed by atoms with Crippen molar-refractivity contribution in [1.29, 1.82) is 0 Å². The number of amides is 1. The van der Waals surface area contributed by atoms with E-state index < -0.39 is 39.8 Å². The second-order valence-electron chi connectivity index (χ2n) is 16.6. The lowest BCUT2D eigenvalue weighted by molar-refractivity contribution is -0.215. The van der Waals surface area contributed by atoms with Crippen LogP contribution < -0.4 is 5.32 Å². The molecule has 8 nitrogen and oxygen atoms in total. The average Bonchev–Trinajstić information content (AvgIpc) is 3.27. The number of hydrogen-bond donors (Lipinski definition) is 3. The van der Waals surface area contributed by atoms with Gasteiger partial charge in [-0.3, -0.25) is 14.4 Å². The number of nitrogens with one attached hydrogen (secondary N) is 1. The van der Waals surface area contributed by atoms with E-state index >= 15 is 0 Å². The average molecular weight is 618 g/mol. The summed E-state index contributed by atoms with van der Waals surface area (Å²) in [5, 5.41) is 26.4. The van der Waals surface area contributed by atoms with Gasteiger partial charge in [-0.2, -0.15) is 0 Å². The normalized spacial score (nSPS) is 38.4. The predicted octanol–water partition coefficient (Wildman–Crippen LogP) is 5.48. The molecule has 0 spiro atoms. The molecular formula is C37H47NO7. The number of fused-ring (bicyclic) bond motifs is 8. The minimum absolute atomic E-state index is 0.00382. The predicted molar refractivity (Wildman–Crippen MR) is 170 cm³/mol. The Kier molecular flexibility index (Phi) is 6.36. The quantitative estimate of drug-likeness (QED) is 0.382. The number of anilines is 1. The van der Waals surface area contributed by atoms with E-state index in [1.165, 1.54) is 17.2 Å². The van der Waals surface area contributed by atoms with E-state index in [-0.39, 0.29) is 35.4 Å². The highest BCUT2D eigenvalue weighted by Crippen LogP contribution is 2.67. The zero-order valence-corrected chi connectivity index (χ0v) is 27.8. The smallest absolute Gasteiger partial charge is 0.231 e. The Morgan fingerprint density at radius 1 is 0.978 bits per heavy atom. The topological polar surface area (TPSA) is 122 Å². The van der Waals surface area contributed by atoms with Gasteiger partial charge in [0, 0.05) is 23.8 Å². The van der Waals surface area contributed by atoms with E-state index in [1.807, 2.05) is 26.0 Å². The minimum atomic E-state index is -1.49. The lowest BCUT2D eigenvalue weighted by atomic mass is 9.41. The van der Waals surface area contributed by atoms with Gasteiger partial charge in [0.15, 0.2) is 11.6 Å². The van der Waals surface area contributed by atoms with E-state index in [0.717, 1.165) is 24.0 Å². The van der Waals surface area contributed by atoms with Crippen LogP contribution in [0.3, 0.4) is 0 Å². The van der Waals surface area contributed by atoms with Crippen LogP contribution in [-0.2, 0) is 25.5 Å². The van der Waals surface area contributed by atoms with Crippen LogP contribution in [0.25, 0.3) is 5.57 Å². The molecule has 0 aromatic heterocycles. The Morgan fingerprint density at radius 2 is 1.69 bits per heavy atom. The molecule has 2 saturated carbocycles. The lowest BCUT2D eigenvalue weighted by Gasteiger charge is -2.65. The first kappa shape index (κ1) is 31.0.